The van der Waals surface area contributed by atoms with Crippen LogP contribution in [-0.4, -0.2) is 80.5 Å². The molecule has 0 radical (unpaired) electrons. The van der Waals surface area contributed by atoms with Gasteiger partial charge in [-0.15, -0.1) is 0 Å². The molecule has 1 saturated heterocycles. The van der Waals surface area contributed by atoms with Crippen molar-refractivity contribution in [2.45, 2.75) is 0 Å². The number of nitrogens with zero attached hydrogens (tertiary/aromatic N) is 4. The molecule has 1 N–H and O–H groups in total. The van der Waals surface area contributed by atoms with Crippen LogP contribution >= 0.6 is 0 Å². The van der Waals surface area contributed by atoms with Crippen molar-refractivity contribution < 1.29 is 9.59 Å². The number of hydrogen-bond donors (Lipinski definition) is 1. The molecule has 1 fully saturated rings. The molecule has 1 aromatic rings. The highest BCUT2D eigenvalue weighted by Gasteiger charge is 2.16. The van der Waals surface area contributed by atoms with Crippen LogP contribution in [0.2, 0.25) is 0 Å². The Morgan fingerprint density at radius 1 is 1.32 bits per heavy atom. The summed E-state index contributed by atoms with van der Waals surface area (Å²) in [6.45, 7) is 4.41. The summed E-state index contributed by atoms with van der Waals surface area (Å²) in [6.07, 6.45) is 2.61. The maximum Gasteiger partial charge on any atom is 0.269 e. The SMILES string of the molecule is CN(C)CCNC(=O)c1ccc(N2CCN(C=O)CC2)cn1. The Labute approximate surface area is 130 Å². The first-order valence-electron chi connectivity index (χ1n) is 7.43. The molecule has 2 amide bonds. The second kappa shape index (κ2) is 7.74. The molecule has 2 heterocycles. The molecule has 1 aliphatic heterocycles. The molecule has 120 valence electrons. The number of hydrogen-bond acceptors (Lipinski definition) is 5. The smallest absolute Gasteiger partial charge is 0.269 e. The zero-order valence-corrected chi connectivity index (χ0v) is 13.2. The molecular formula is C15H23N5O2. The van der Waals surface area contributed by atoms with Gasteiger partial charge in [0.25, 0.3) is 5.91 Å². The third-order valence-corrected chi connectivity index (χ3v) is 3.65. The molecule has 1 aliphatic rings. The average Bonchev–Trinajstić information content (AvgIpc) is 2.54. The van der Waals surface area contributed by atoms with E-state index in [-0.39, 0.29) is 5.91 Å². The number of amides is 2. The minimum absolute atomic E-state index is 0.154. The van der Waals surface area contributed by atoms with Crippen LogP contribution in [0.1, 0.15) is 10.5 Å². The summed E-state index contributed by atoms with van der Waals surface area (Å²) in [5, 5.41) is 2.84. The van der Waals surface area contributed by atoms with Gasteiger partial charge in [-0.05, 0) is 26.2 Å². The Bertz CT molecular complexity index is 495. The summed E-state index contributed by atoms with van der Waals surface area (Å²) in [5.74, 6) is -0.154. The summed E-state index contributed by atoms with van der Waals surface area (Å²) >= 11 is 0. The van der Waals surface area contributed by atoms with Crippen molar-refractivity contribution >= 4 is 18.0 Å². The predicted molar refractivity (Wildman–Crippen MR) is 85.0 cm³/mol. The molecule has 0 aliphatic carbocycles. The number of pyridine rings is 1. The highest BCUT2D eigenvalue weighted by Crippen LogP contribution is 2.15. The highest BCUT2D eigenvalue weighted by atomic mass is 16.2. The van der Waals surface area contributed by atoms with Gasteiger partial charge in [-0.1, -0.05) is 0 Å². The van der Waals surface area contributed by atoms with Crippen LogP contribution in [0.3, 0.4) is 0 Å². The van der Waals surface area contributed by atoms with E-state index in [9.17, 15) is 9.59 Å². The zero-order chi connectivity index (χ0) is 15.9. The highest BCUT2D eigenvalue weighted by molar-refractivity contribution is 5.92. The fraction of sp³-hybridized carbons (Fsp3) is 0.533. The van der Waals surface area contributed by atoms with Crippen molar-refractivity contribution in [1.29, 1.82) is 0 Å². The standard InChI is InChI=1S/C15H23N5O2/c1-18(2)6-5-16-15(22)14-4-3-13(11-17-14)20-9-7-19(12-21)8-10-20/h3-4,11-12H,5-10H2,1-2H3,(H,16,22). The normalized spacial score (nSPS) is 15.0. The fourth-order valence-corrected chi connectivity index (χ4v) is 2.28. The molecule has 0 bridgehead atoms. The molecule has 7 nitrogen and oxygen atoms in total. The van der Waals surface area contributed by atoms with Gasteiger partial charge in [0.15, 0.2) is 0 Å². The van der Waals surface area contributed by atoms with E-state index in [1.807, 2.05) is 25.1 Å². The van der Waals surface area contributed by atoms with Gasteiger partial charge in [0.05, 0.1) is 11.9 Å². The molecule has 0 aromatic carbocycles. The lowest BCUT2D eigenvalue weighted by Crippen LogP contribution is -2.45. The van der Waals surface area contributed by atoms with Gasteiger partial charge < -0.3 is 20.0 Å². The average molecular weight is 305 g/mol. The summed E-state index contributed by atoms with van der Waals surface area (Å²) in [4.78, 5) is 32.8. The van der Waals surface area contributed by atoms with Crippen LogP contribution in [0, 0.1) is 0 Å². The number of likely N-dealkylation sites (N-methyl/N-ethyl adjacent to an activating group) is 1. The van der Waals surface area contributed by atoms with E-state index in [1.54, 1.807) is 17.2 Å². The van der Waals surface area contributed by atoms with E-state index in [2.05, 4.69) is 15.2 Å². The van der Waals surface area contributed by atoms with Crippen molar-refractivity contribution in [1.82, 2.24) is 20.1 Å². The second-order valence-electron chi connectivity index (χ2n) is 5.59. The molecule has 0 saturated carbocycles. The first-order valence-corrected chi connectivity index (χ1v) is 7.43. The van der Waals surface area contributed by atoms with Gasteiger partial charge in [-0.25, -0.2) is 4.98 Å². The summed E-state index contributed by atoms with van der Waals surface area (Å²) < 4.78 is 0. The number of anilines is 1. The monoisotopic (exact) mass is 305 g/mol. The van der Waals surface area contributed by atoms with E-state index in [1.165, 1.54) is 0 Å². The minimum Gasteiger partial charge on any atom is -0.367 e. The van der Waals surface area contributed by atoms with Crippen molar-refractivity contribution in [3.8, 4) is 0 Å². The van der Waals surface area contributed by atoms with Crippen molar-refractivity contribution in [2.75, 3.05) is 58.3 Å². The van der Waals surface area contributed by atoms with E-state index in [0.717, 1.165) is 44.8 Å². The van der Waals surface area contributed by atoms with Crippen LogP contribution in [0.25, 0.3) is 0 Å². The Hall–Kier alpha value is -2.15. The quantitative estimate of drug-likeness (QED) is 0.728. The van der Waals surface area contributed by atoms with Gasteiger partial charge in [0.2, 0.25) is 6.41 Å². The first kappa shape index (κ1) is 16.2. The predicted octanol–water partition coefficient (Wildman–Crippen LogP) is -0.349. The third kappa shape index (κ3) is 4.42. The largest absolute Gasteiger partial charge is 0.367 e. The maximum atomic E-state index is 11.9. The van der Waals surface area contributed by atoms with Crippen molar-refractivity contribution in [3.05, 3.63) is 24.0 Å². The van der Waals surface area contributed by atoms with Gasteiger partial charge in [0.1, 0.15) is 5.69 Å². The summed E-state index contributed by atoms with van der Waals surface area (Å²) in [6, 6.07) is 3.65. The second-order valence-corrected chi connectivity index (χ2v) is 5.59. The molecule has 0 spiro atoms. The van der Waals surface area contributed by atoms with E-state index >= 15 is 0 Å². The summed E-state index contributed by atoms with van der Waals surface area (Å²) in [7, 11) is 3.92. The van der Waals surface area contributed by atoms with Crippen LogP contribution in [-0.2, 0) is 4.79 Å². The van der Waals surface area contributed by atoms with E-state index < -0.39 is 0 Å². The van der Waals surface area contributed by atoms with Gasteiger partial charge >= 0.3 is 0 Å². The molecule has 22 heavy (non-hydrogen) atoms. The zero-order valence-electron chi connectivity index (χ0n) is 13.2. The van der Waals surface area contributed by atoms with E-state index in [0.29, 0.717) is 12.2 Å². The molecular weight excluding hydrogens is 282 g/mol. The van der Waals surface area contributed by atoms with Gasteiger partial charge in [-0.3, -0.25) is 9.59 Å². The van der Waals surface area contributed by atoms with Crippen LogP contribution in [0.5, 0.6) is 0 Å². The topological polar surface area (TPSA) is 68.8 Å². The lowest BCUT2D eigenvalue weighted by molar-refractivity contribution is -0.118. The molecule has 0 atom stereocenters. The minimum atomic E-state index is -0.154. The molecule has 1 aromatic heterocycles. The Balaban J connectivity index is 1.87. The third-order valence-electron chi connectivity index (χ3n) is 3.65. The number of aromatic nitrogens is 1. The lowest BCUT2D eigenvalue weighted by atomic mass is 10.2. The van der Waals surface area contributed by atoms with Crippen molar-refractivity contribution in [3.63, 3.8) is 0 Å². The Morgan fingerprint density at radius 3 is 2.59 bits per heavy atom. The van der Waals surface area contributed by atoms with Crippen LogP contribution in [0.4, 0.5) is 5.69 Å². The Morgan fingerprint density at radius 2 is 2.05 bits per heavy atom. The van der Waals surface area contributed by atoms with Gasteiger partial charge in [0, 0.05) is 39.3 Å². The number of carbonyl (C=O) groups is 2. The Kier molecular flexibility index (Phi) is 5.71. The van der Waals surface area contributed by atoms with Crippen molar-refractivity contribution in [2.24, 2.45) is 0 Å². The number of nitrogens with one attached hydrogen (secondary N) is 1. The van der Waals surface area contributed by atoms with Crippen LogP contribution in [0.15, 0.2) is 18.3 Å². The number of rotatable bonds is 6. The molecule has 2 rings (SSSR count). The maximum absolute atomic E-state index is 11.9. The van der Waals surface area contributed by atoms with Gasteiger partial charge in [-0.2, -0.15) is 0 Å². The first-order chi connectivity index (χ1) is 10.6. The number of carbonyl (C=O) groups excluding carboxylic acids is 2. The summed E-state index contributed by atoms with van der Waals surface area (Å²) in [5.41, 5.74) is 1.41. The lowest BCUT2D eigenvalue weighted by Gasteiger charge is -2.33. The van der Waals surface area contributed by atoms with E-state index in [4.69, 9.17) is 0 Å². The number of piperazine rings is 1. The molecule has 0 unspecified atom stereocenters. The van der Waals surface area contributed by atoms with Crippen LogP contribution < -0.4 is 10.2 Å². The molecule has 7 heteroatoms. The fourth-order valence-electron chi connectivity index (χ4n) is 2.28.